The molecule has 0 aliphatic carbocycles. The fraction of sp³-hybridized carbons (Fsp3) is 0.250. The first-order chi connectivity index (χ1) is 5.24. The molecule has 0 aliphatic heterocycles. The summed E-state index contributed by atoms with van der Waals surface area (Å²) in [5, 5.41) is 9.13. The molecule has 0 saturated carbocycles. The summed E-state index contributed by atoms with van der Waals surface area (Å²) in [4.78, 5) is 0. The number of rotatable bonds is 2. The van der Waals surface area contributed by atoms with Gasteiger partial charge in [0, 0.05) is 0 Å². The van der Waals surface area contributed by atoms with Crippen LogP contribution in [-0.4, -0.2) is 11.7 Å². The van der Waals surface area contributed by atoms with E-state index in [1.54, 1.807) is 6.07 Å². The van der Waals surface area contributed by atoms with E-state index >= 15 is 0 Å². The van der Waals surface area contributed by atoms with Crippen LogP contribution in [0.1, 0.15) is 5.56 Å². The predicted octanol–water partition coefficient (Wildman–Crippen LogP) is 2.08. The smallest absolute Gasteiger partial charge is 0.129 e. The van der Waals surface area contributed by atoms with E-state index in [4.69, 9.17) is 10.8 Å². The second kappa shape index (κ2) is 5.41. The monoisotopic (exact) mass is 251 g/mol. The number of nitrogens with two attached hydrogens (primary N) is 1. The van der Waals surface area contributed by atoms with Gasteiger partial charge >= 0.3 is 0 Å². The highest BCUT2D eigenvalue weighted by molar-refractivity contribution is 9.10. The van der Waals surface area contributed by atoms with Crippen molar-refractivity contribution in [1.29, 1.82) is 0 Å². The Kier molecular flexibility index (Phi) is 5.29. The molecule has 0 heterocycles. The number of aromatic hydroxyl groups is 1. The molecule has 0 spiro atoms. The summed E-state index contributed by atoms with van der Waals surface area (Å²) in [5.41, 5.74) is 6.51. The van der Waals surface area contributed by atoms with Gasteiger partial charge in [-0.1, -0.05) is 6.07 Å². The highest BCUT2D eigenvalue weighted by atomic mass is 79.9. The third-order valence-corrected chi connectivity index (χ3v) is 2.08. The fourth-order valence-corrected chi connectivity index (χ4v) is 1.30. The maximum Gasteiger partial charge on any atom is 0.129 e. The van der Waals surface area contributed by atoms with Gasteiger partial charge < -0.3 is 10.8 Å². The number of phenols is 1. The van der Waals surface area contributed by atoms with Crippen molar-refractivity contribution in [2.75, 3.05) is 6.54 Å². The van der Waals surface area contributed by atoms with Crippen molar-refractivity contribution in [3.8, 4) is 5.75 Å². The lowest BCUT2D eigenvalue weighted by atomic mass is 10.1. The first-order valence-corrected chi connectivity index (χ1v) is 4.21. The van der Waals surface area contributed by atoms with Crippen molar-refractivity contribution in [2.24, 2.45) is 5.73 Å². The Morgan fingerprint density at radius 3 is 2.58 bits per heavy atom. The Morgan fingerprint density at radius 1 is 1.42 bits per heavy atom. The van der Waals surface area contributed by atoms with Crippen LogP contribution in [0.5, 0.6) is 5.75 Å². The van der Waals surface area contributed by atoms with Crippen molar-refractivity contribution >= 4 is 28.3 Å². The van der Waals surface area contributed by atoms with Crippen molar-refractivity contribution in [3.63, 3.8) is 0 Å². The molecule has 0 atom stereocenters. The van der Waals surface area contributed by atoms with Crippen molar-refractivity contribution < 1.29 is 5.11 Å². The molecule has 68 valence electrons. The summed E-state index contributed by atoms with van der Waals surface area (Å²) in [6.45, 7) is 0.636. The minimum atomic E-state index is 0. The molecule has 2 nitrogen and oxygen atoms in total. The van der Waals surface area contributed by atoms with Gasteiger partial charge in [-0.25, -0.2) is 0 Å². The lowest BCUT2D eigenvalue weighted by molar-refractivity contribution is 0.471. The van der Waals surface area contributed by atoms with E-state index in [1.807, 2.05) is 12.1 Å². The predicted molar refractivity (Wildman–Crippen MR) is 55.8 cm³/mol. The summed E-state index contributed by atoms with van der Waals surface area (Å²) in [6.07, 6.45) is 0.846. The van der Waals surface area contributed by atoms with E-state index in [2.05, 4.69) is 15.9 Å². The van der Waals surface area contributed by atoms with E-state index in [0.717, 1.165) is 16.5 Å². The first kappa shape index (κ1) is 11.8. The molecule has 0 aliphatic rings. The number of hydrogen-bond donors (Lipinski definition) is 2. The molecule has 1 rings (SSSR count). The van der Waals surface area contributed by atoms with E-state index in [9.17, 15) is 0 Å². The average molecular weight is 253 g/mol. The third-order valence-electron chi connectivity index (χ3n) is 1.45. The summed E-state index contributed by atoms with van der Waals surface area (Å²) >= 11 is 3.23. The summed E-state index contributed by atoms with van der Waals surface area (Å²) in [5.74, 6) is 0.269. The van der Waals surface area contributed by atoms with Gasteiger partial charge in [0.1, 0.15) is 5.75 Å². The standard InChI is InChI=1S/C8H10BrNO.ClH/c9-7-5-6(3-4-10)1-2-8(7)11;/h1-2,5,11H,3-4,10H2;1H. The SMILES string of the molecule is Cl.NCCc1ccc(O)c(Br)c1. The summed E-state index contributed by atoms with van der Waals surface area (Å²) < 4.78 is 0.725. The molecule has 4 heteroatoms. The largest absolute Gasteiger partial charge is 0.507 e. The zero-order valence-electron chi connectivity index (χ0n) is 6.46. The number of halogens is 2. The average Bonchev–Trinajstić information content (AvgIpc) is 1.98. The van der Waals surface area contributed by atoms with Crippen molar-refractivity contribution in [2.45, 2.75) is 6.42 Å². The molecule has 1 aromatic rings. The molecular formula is C8H11BrClNO. The lowest BCUT2D eigenvalue weighted by Crippen LogP contribution is -2.02. The molecule has 0 bridgehead atoms. The fourth-order valence-electron chi connectivity index (χ4n) is 0.873. The Morgan fingerprint density at radius 2 is 2.08 bits per heavy atom. The Labute approximate surface area is 86.3 Å². The molecule has 0 fully saturated rings. The molecule has 0 unspecified atom stereocenters. The van der Waals surface area contributed by atoms with Gasteiger partial charge in [0.15, 0.2) is 0 Å². The number of hydrogen-bond acceptors (Lipinski definition) is 2. The Hall–Kier alpha value is -0.250. The zero-order valence-corrected chi connectivity index (χ0v) is 8.86. The van der Waals surface area contributed by atoms with Crippen LogP contribution in [0.2, 0.25) is 0 Å². The van der Waals surface area contributed by atoms with Crippen LogP contribution in [0.25, 0.3) is 0 Å². The molecule has 1 aromatic carbocycles. The van der Waals surface area contributed by atoms with E-state index < -0.39 is 0 Å². The van der Waals surface area contributed by atoms with Gasteiger partial charge in [0.05, 0.1) is 4.47 Å². The maximum absolute atomic E-state index is 9.13. The quantitative estimate of drug-likeness (QED) is 0.846. The van der Waals surface area contributed by atoms with E-state index in [-0.39, 0.29) is 18.2 Å². The third kappa shape index (κ3) is 3.01. The highest BCUT2D eigenvalue weighted by Crippen LogP contribution is 2.24. The van der Waals surface area contributed by atoms with Gasteiger partial charge in [-0.2, -0.15) is 0 Å². The van der Waals surface area contributed by atoms with Crippen LogP contribution >= 0.6 is 28.3 Å². The first-order valence-electron chi connectivity index (χ1n) is 3.41. The van der Waals surface area contributed by atoms with Gasteiger partial charge in [-0.05, 0) is 46.6 Å². The number of phenolic OH excluding ortho intramolecular Hbond substituents is 1. The van der Waals surface area contributed by atoms with Crippen LogP contribution < -0.4 is 5.73 Å². The normalized spacial score (nSPS) is 9.17. The van der Waals surface area contributed by atoms with Gasteiger partial charge in [-0.3, -0.25) is 0 Å². The molecule has 0 aromatic heterocycles. The highest BCUT2D eigenvalue weighted by Gasteiger charge is 1.97. The zero-order chi connectivity index (χ0) is 8.27. The topological polar surface area (TPSA) is 46.2 Å². The van der Waals surface area contributed by atoms with E-state index in [1.165, 1.54) is 0 Å². The maximum atomic E-state index is 9.13. The molecular weight excluding hydrogens is 241 g/mol. The number of benzene rings is 1. The van der Waals surface area contributed by atoms with Gasteiger partial charge in [0.25, 0.3) is 0 Å². The molecule has 0 saturated heterocycles. The molecule has 0 amide bonds. The second-order valence-electron chi connectivity index (χ2n) is 2.32. The van der Waals surface area contributed by atoms with Crippen LogP contribution in [0.4, 0.5) is 0 Å². The van der Waals surface area contributed by atoms with Crippen molar-refractivity contribution in [3.05, 3.63) is 28.2 Å². The van der Waals surface area contributed by atoms with Crippen LogP contribution in [-0.2, 0) is 6.42 Å². The van der Waals surface area contributed by atoms with E-state index in [0.29, 0.717) is 6.54 Å². The summed E-state index contributed by atoms with van der Waals surface area (Å²) in [7, 11) is 0. The van der Waals surface area contributed by atoms with Crippen LogP contribution in [0.15, 0.2) is 22.7 Å². The van der Waals surface area contributed by atoms with Crippen molar-refractivity contribution in [1.82, 2.24) is 0 Å². The Balaban J connectivity index is 0.00000121. The van der Waals surface area contributed by atoms with Crippen LogP contribution in [0, 0.1) is 0 Å². The lowest BCUT2D eigenvalue weighted by Gasteiger charge is -2.00. The van der Waals surface area contributed by atoms with Gasteiger partial charge in [-0.15, -0.1) is 12.4 Å². The minimum absolute atomic E-state index is 0. The molecule has 0 radical (unpaired) electrons. The second-order valence-corrected chi connectivity index (χ2v) is 3.18. The molecule has 12 heavy (non-hydrogen) atoms. The van der Waals surface area contributed by atoms with Gasteiger partial charge in [0.2, 0.25) is 0 Å². The van der Waals surface area contributed by atoms with Crippen LogP contribution in [0.3, 0.4) is 0 Å². The Bertz CT molecular complexity index is 255. The summed E-state index contributed by atoms with van der Waals surface area (Å²) in [6, 6.07) is 5.41. The molecule has 3 N–H and O–H groups in total. The minimum Gasteiger partial charge on any atom is -0.507 e.